The molecule has 3 heterocycles. The monoisotopic (exact) mass is 656 g/mol. The molecule has 250 valence electrons. The van der Waals surface area contributed by atoms with Crippen molar-refractivity contribution in [1.29, 1.82) is 0 Å². The van der Waals surface area contributed by atoms with E-state index in [0.29, 0.717) is 33.8 Å². The number of hydrogen-bond acceptors (Lipinski definition) is 10. The molecule has 12 nitrogen and oxygen atoms in total. The van der Waals surface area contributed by atoms with Crippen molar-refractivity contribution < 1.29 is 23.8 Å². The molecule has 0 aliphatic carbocycles. The van der Waals surface area contributed by atoms with Crippen molar-refractivity contribution >= 4 is 28.2 Å². The first-order chi connectivity index (χ1) is 22.6. The Morgan fingerprint density at radius 2 is 1.77 bits per heavy atom. The quantitative estimate of drug-likeness (QED) is 0.209. The number of halogens is 1. The first-order valence-electron chi connectivity index (χ1n) is 15.2. The predicted octanol–water partition coefficient (Wildman–Crippen LogP) is 4.93. The van der Waals surface area contributed by atoms with E-state index in [0.717, 1.165) is 14.9 Å². The lowest BCUT2D eigenvalue weighted by Crippen LogP contribution is -2.32. The van der Waals surface area contributed by atoms with Gasteiger partial charge >= 0.3 is 5.97 Å². The average Bonchev–Trinajstić information content (AvgIpc) is 3.02. The molecule has 5 rings (SSSR count). The molecule has 2 N–H and O–H groups in total. The highest BCUT2D eigenvalue weighted by Crippen LogP contribution is 2.31. The smallest absolute Gasteiger partial charge is 0.302 e. The Morgan fingerprint density at radius 3 is 2.42 bits per heavy atom. The Bertz CT molecular complexity index is 2130. The third-order valence-corrected chi connectivity index (χ3v) is 7.62. The Morgan fingerprint density at radius 1 is 1.02 bits per heavy atom. The van der Waals surface area contributed by atoms with Crippen LogP contribution in [0.2, 0.25) is 0 Å². The van der Waals surface area contributed by atoms with E-state index in [9.17, 15) is 19.5 Å². The van der Waals surface area contributed by atoms with Gasteiger partial charge < -0.3 is 19.9 Å². The summed E-state index contributed by atoms with van der Waals surface area (Å²) in [5.74, 6) is -0.457. The summed E-state index contributed by atoms with van der Waals surface area (Å²) >= 11 is 0. The number of carbonyl (C=O) groups excluding carboxylic acids is 1. The van der Waals surface area contributed by atoms with Gasteiger partial charge in [0.15, 0.2) is 0 Å². The number of pyridine rings is 1. The van der Waals surface area contributed by atoms with E-state index in [1.54, 1.807) is 50.2 Å². The van der Waals surface area contributed by atoms with Crippen LogP contribution >= 0.6 is 0 Å². The minimum atomic E-state index is -0.803. The number of aromatic nitrogens is 5. The van der Waals surface area contributed by atoms with Gasteiger partial charge in [-0.2, -0.15) is 14.9 Å². The van der Waals surface area contributed by atoms with Crippen LogP contribution in [0.3, 0.4) is 0 Å². The number of aliphatic hydroxyl groups excluding tert-OH is 1. The lowest BCUT2D eigenvalue weighted by molar-refractivity contribution is -0.142. The number of fused-ring (bicyclic) bond motifs is 1. The van der Waals surface area contributed by atoms with E-state index in [-0.39, 0.29) is 35.4 Å². The first-order valence-corrected chi connectivity index (χ1v) is 15.2. The molecule has 48 heavy (non-hydrogen) atoms. The molecule has 0 aliphatic rings. The number of ether oxygens (including phenoxy) is 2. The Hall–Kier alpha value is -5.43. The summed E-state index contributed by atoms with van der Waals surface area (Å²) in [5, 5.41) is 21.5. The van der Waals surface area contributed by atoms with Crippen LogP contribution in [0, 0.1) is 5.82 Å². The van der Waals surface area contributed by atoms with Crippen molar-refractivity contribution in [2.24, 2.45) is 7.05 Å². The van der Waals surface area contributed by atoms with Crippen molar-refractivity contribution in [2.75, 3.05) is 11.9 Å². The minimum Gasteiger partial charge on any atom is -0.484 e. The van der Waals surface area contributed by atoms with E-state index >= 15 is 4.39 Å². The van der Waals surface area contributed by atoms with E-state index in [2.05, 4.69) is 20.5 Å². The summed E-state index contributed by atoms with van der Waals surface area (Å²) in [4.78, 5) is 43.2. The van der Waals surface area contributed by atoms with Crippen molar-refractivity contribution in [3.8, 4) is 22.7 Å². The van der Waals surface area contributed by atoms with E-state index in [1.165, 1.54) is 38.5 Å². The second-order valence-electron chi connectivity index (χ2n) is 13.0. The fourth-order valence-corrected chi connectivity index (χ4v) is 5.01. The molecule has 13 heteroatoms. The van der Waals surface area contributed by atoms with Crippen LogP contribution in [0.25, 0.3) is 27.7 Å². The van der Waals surface area contributed by atoms with Gasteiger partial charge in [-0.25, -0.2) is 14.1 Å². The lowest BCUT2D eigenvalue weighted by Gasteiger charge is -2.23. The standard InChI is InChI=1S/C35H37FN6O6/c1-20(44)47-18-25-24(9-8-10-29(25)42-33(46)31-21(16-38-42)13-22(14-26(31)36)34(2,3)4)27-15-28(32(45)41(7)40-27)39-30-12-11-23(17-37-30)48-35(5,6)19-43/h8-17,43H,18-19H2,1-7H3,(H,37,39). The molecule has 2 aromatic carbocycles. The van der Waals surface area contributed by atoms with Crippen molar-refractivity contribution in [2.45, 2.75) is 59.2 Å². The van der Waals surface area contributed by atoms with Crippen LogP contribution in [0.1, 0.15) is 52.7 Å². The number of nitrogens with one attached hydrogen (secondary N) is 1. The van der Waals surface area contributed by atoms with Crippen LogP contribution in [0.5, 0.6) is 5.75 Å². The molecule has 0 aliphatic heterocycles. The third kappa shape index (κ3) is 7.10. The van der Waals surface area contributed by atoms with Crippen molar-refractivity contribution in [3.05, 3.63) is 98.6 Å². The zero-order chi connectivity index (χ0) is 35.0. The fourth-order valence-electron chi connectivity index (χ4n) is 5.01. The van der Waals surface area contributed by atoms with Gasteiger partial charge in [0.2, 0.25) is 0 Å². The normalized spacial score (nSPS) is 11.9. The summed E-state index contributed by atoms with van der Waals surface area (Å²) in [6, 6.07) is 12.9. The zero-order valence-corrected chi connectivity index (χ0v) is 27.8. The van der Waals surface area contributed by atoms with Gasteiger partial charge in [-0.1, -0.05) is 32.9 Å². The van der Waals surface area contributed by atoms with E-state index in [4.69, 9.17) is 9.47 Å². The summed E-state index contributed by atoms with van der Waals surface area (Å²) in [6.45, 7) is 10.1. The molecule has 0 atom stereocenters. The highest BCUT2D eigenvalue weighted by atomic mass is 19.1. The van der Waals surface area contributed by atoms with Gasteiger partial charge in [0.25, 0.3) is 11.1 Å². The molecule has 0 saturated carbocycles. The average molecular weight is 657 g/mol. The molecule has 0 bridgehead atoms. The largest absolute Gasteiger partial charge is 0.484 e. The lowest BCUT2D eigenvalue weighted by atomic mass is 9.86. The van der Waals surface area contributed by atoms with Gasteiger partial charge in [-0.05, 0) is 61.2 Å². The van der Waals surface area contributed by atoms with Crippen LogP contribution in [-0.2, 0) is 28.6 Å². The first kappa shape index (κ1) is 33.9. The van der Waals surface area contributed by atoms with Crippen LogP contribution < -0.4 is 21.2 Å². The minimum absolute atomic E-state index is 0.127. The molecular weight excluding hydrogens is 619 g/mol. The molecule has 5 aromatic rings. The molecule has 0 amide bonds. The number of carbonyl (C=O) groups is 1. The number of rotatable bonds is 9. The summed E-state index contributed by atoms with van der Waals surface area (Å²) in [6.07, 6.45) is 2.89. The maximum Gasteiger partial charge on any atom is 0.302 e. The second-order valence-corrected chi connectivity index (χ2v) is 13.0. The van der Waals surface area contributed by atoms with Gasteiger partial charge in [-0.3, -0.25) is 14.4 Å². The molecule has 0 unspecified atom stereocenters. The summed E-state index contributed by atoms with van der Waals surface area (Å²) < 4.78 is 28.8. The van der Waals surface area contributed by atoms with Crippen LogP contribution in [-0.4, -0.2) is 47.8 Å². The SMILES string of the molecule is CC(=O)OCc1c(-c2cc(Nc3ccc(OC(C)(C)CO)cn3)c(=O)n(C)n2)cccc1-n1ncc2cc(C(C)(C)C)cc(F)c2c1=O. The number of benzene rings is 2. The Balaban J connectivity index is 1.61. The number of hydrogen-bond donors (Lipinski definition) is 2. The number of esters is 1. The third-order valence-electron chi connectivity index (χ3n) is 7.62. The topological polar surface area (TPSA) is 150 Å². The molecule has 0 spiro atoms. The summed E-state index contributed by atoms with van der Waals surface area (Å²) in [7, 11) is 1.48. The maximum absolute atomic E-state index is 15.5. The van der Waals surface area contributed by atoms with E-state index in [1.807, 2.05) is 20.8 Å². The van der Waals surface area contributed by atoms with Gasteiger partial charge in [0.05, 0.1) is 35.8 Å². The molecular formula is C35H37FN6O6. The van der Waals surface area contributed by atoms with Crippen molar-refractivity contribution in [1.82, 2.24) is 24.5 Å². The second kappa shape index (κ2) is 13.0. The number of aliphatic hydroxyl groups is 1. The number of aryl methyl sites for hydroxylation is 1. The van der Waals surface area contributed by atoms with Gasteiger partial charge in [-0.15, -0.1) is 0 Å². The van der Waals surface area contributed by atoms with E-state index < -0.39 is 28.5 Å². The maximum atomic E-state index is 15.5. The fraction of sp³-hybridized carbons (Fsp3) is 0.314. The van der Waals surface area contributed by atoms with Crippen LogP contribution in [0.15, 0.2) is 70.5 Å². The molecule has 0 saturated heterocycles. The van der Waals surface area contributed by atoms with Gasteiger partial charge in [0.1, 0.15) is 35.3 Å². The highest BCUT2D eigenvalue weighted by Gasteiger charge is 2.22. The Kier molecular flexibility index (Phi) is 9.18. The van der Waals surface area contributed by atoms with Gasteiger partial charge in [0, 0.05) is 30.5 Å². The Labute approximate surface area is 275 Å². The predicted molar refractivity (Wildman–Crippen MR) is 179 cm³/mol. The van der Waals surface area contributed by atoms with Crippen LogP contribution in [0.4, 0.5) is 15.9 Å². The number of anilines is 2. The molecule has 0 radical (unpaired) electrons. The molecule has 3 aromatic heterocycles. The number of nitrogens with zero attached hydrogens (tertiary/aromatic N) is 5. The van der Waals surface area contributed by atoms with Crippen molar-refractivity contribution in [3.63, 3.8) is 0 Å². The zero-order valence-electron chi connectivity index (χ0n) is 27.8. The highest BCUT2D eigenvalue weighted by molar-refractivity contribution is 5.83. The summed E-state index contributed by atoms with van der Waals surface area (Å²) in [5.41, 5.74) is -0.0821. The molecule has 0 fully saturated rings.